The molecule has 0 spiro atoms. The van der Waals surface area contributed by atoms with Gasteiger partial charge in [-0.15, -0.1) is 0 Å². The number of amides is 1. The molecule has 0 radical (unpaired) electrons. The van der Waals surface area contributed by atoms with E-state index < -0.39 is 4.92 Å². The number of hydrogen-bond donors (Lipinski definition) is 1. The van der Waals surface area contributed by atoms with E-state index in [-0.39, 0.29) is 17.6 Å². The van der Waals surface area contributed by atoms with Gasteiger partial charge < -0.3 is 5.32 Å². The molecule has 2 unspecified atom stereocenters. The van der Waals surface area contributed by atoms with Gasteiger partial charge in [-0.25, -0.2) is 0 Å². The van der Waals surface area contributed by atoms with Crippen LogP contribution in [0.25, 0.3) is 0 Å². The predicted molar refractivity (Wildman–Crippen MR) is 121 cm³/mol. The van der Waals surface area contributed by atoms with E-state index in [9.17, 15) is 14.9 Å². The molecule has 1 amide bonds. The fraction of sp³-hybridized carbons (Fsp3) is 0.458. The second-order valence-corrected chi connectivity index (χ2v) is 9.13. The van der Waals surface area contributed by atoms with Gasteiger partial charge in [-0.2, -0.15) is 0 Å². The molecule has 1 aliphatic heterocycles. The lowest BCUT2D eigenvalue weighted by Crippen LogP contribution is -2.51. The molecule has 2 aliphatic rings. The lowest BCUT2D eigenvalue weighted by atomic mass is 9.89. The number of piperidine rings is 1. The van der Waals surface area contributed by atoms with Gasteiger partial charge in [0.05, 0.1) is 4.92 Å². The Labute approximate surface area is 187 Å². The highest BCUT2D eigenvalue weighted by Gasteiger charge is 2.35. The molecule has 164 valence electrons. The Bertz CT molecular complexity index is 926. The normalized spacial score (nSPS) is 22.4. The SMILES string of the molecule is O=C(NC1CCCC1N1CCC(Cc2ccc(Cl)cc2)CC1)c1cccc([N+](=O)[O-])c1. The highest BCUT2D eigenvalue weighted by atomic mass is 35.5. The molecule has 2 aromatic rings. The Hall–Kier alpha value is -2.44. The summed E-state index contributed by atoms with van der Waals surface area (Å²) < 4.78 is 0. The average molecular weight is 442 g/mol. The molecule has 31 heavy (non-hydrogen) atoms. The number of benzene rings is 2. The van der Waals surface area contributed by atoms with Crippen molar-refractivity contribution < 1.29 is 9.72 Å². The van der Waals surface area contributed by atoms with Crippen molar-refractivity contribution in [2.24, 2.45) is 5.92 Å². The number of rotatable bonds is 6. The van der Waals surface area contributed by atoms with Gasteiger partial charge in [0.25, 0.3) is 11.6 Å². The third kappa shape index (κ3) is 5.43. The molecule has 0 bridgehead atoms. The first-order valence-corrected chi connectivity index (χ1v) is 11.4. The fourth-order valence-electron chi connectivity index (χ4n) is 5.00. The van der Waals surface area contributed by atoms with Gasteiger partial charge in [0.1, 0.15) is 0 Å². The molecule has 0 aromatic heterocycles. The number of carbonyl (C=O) groups excluding carboxylic acids is 1. The maximum Gasteiger partial charge on any atom is 0.270 e. The molecule has 2 atom stereocenters. The zero-order chi connectivity index (χ0) is 21.8. The van der Waals surface area contributed by atoms with Crippen LogP contribution >= 0.6 is 11.6 Å². The minimum atomic E-state index is -0.469. The van der Waals surface area contributed by atoms with Crippen molar-refractivity contribution in [2.75, 3.05) is 13.1 Å². The molecule has 4 rings (SSSR count). The molecule has 1 N–H and O–H groups in total. The first-order valence-electron chi connectivity index (χ1n) is 11.0. The second kappa shape index (κ2) is 9.79. The van der Waals surface area contributed by atoms with E-state index in [0.29, 0.717) is 17.5 Å². The van der Waals surface area contributed by atoms with E-state index in [1.807, 2.05) is 12.1 Å². The number of hydrogen-bond acceptors (Lipinski definition) is 4. The first kappa shape index (κ1) is 21.8. The summed E-state index contributed by atoms with van der Waals surface area (Å²) in [4.78, 5) is 25.8. The lowest BCUT2D eigenvalue weighted by Gasteiger charge is -2.38. The van der Waals surface area contributed by atoms with Crippen LogP contribution in [0.15, 0.2) is 48.5 Å². The van der Waals surface area contributed by atoms with Crippen molar-refractivity contribution in [2.45, 2.75) is 50.6 Å². The Kier molecular flexibility index (Phi) is 6.88. The van der Waals surface area contributed by atoms with Crippen LogP contribution in [0.5, 0.6) is 0 Å². The molecular formula is C24H28ClN3O3. The Morgan fingerprint density at radius 2 is 1.84 bits per heavy atom. The van der Waals surface area contributed by atoms with Crippen molar-refractivity contribution in [1.29, 1.82) is 0 Å². The average Bonchev–Trinajstić information content (AvgIpc) is 3.24. The number of nitrogens with zero attached hydrogens (tertiary/aromatic N) is 2. The first-order chi connectivity index (χ1) is 15.0. The van der Waals surface area contributed by atoms with Crippen LogP contribution in [-0.4, -0.2) is 40.9 Å². The minimum Gasteiger partial charge on any atom is -0.348 e. The van der Waals surface area contributed by atoms with Crippen LogP contribution in [0.2, 0.25) is 5.02 Å². The summed E-state index contributed by atoms with van der Waals surface area (Å²) in [6.07, 6.45) is 6.53. The van der Waals surface area contributed by atoms with Gasteiger partial charge in [-0.05, 0) is 81.3 Å². The summed E-state index contributed by atoms with van der Waals surface area (Å²) in [6, 6.07) is 14.5. The number of halogens is 1. The summed E-state index contributed by atoms with van der Waals surface area (Å²) in [5, 5.41) is 14.9. The number of nitrogens with one attached hydrogen (secondary N) is 1. The third-order valence-corrected chi connectivity index (χ3v) is 6.92. The van der Waals surface area contributed by atoms with E-state index in [4.69, 9.17) is 11.6 Å². The van der Waals surface area contributed by atoms with Gasteiger partial charge in [-0.3, -0.25) is 19.8 Å². The summed E-state index contributed by atoms with van der Waals surface area (Å²) in [5.74, 6) is 0.454. The summed E-state index contributed by atoms with van der Waals surface area (Å²) in [5.41, 5.74) is 1.63. The molecule has 1 heterocycles. The largest absolute Gasteiger partial charge is 0.348 e. The second-order valence-electron chi connectivity index (χ2n) is 8.70. The molecule has 2 fully saturated rings. The van der Waals surface area contributed by atoms with E-state index in [1.165, 1.54) is 17.7 Å². The van der Waals surface area contributed by atoms with Crippen molar-refractivity contribution in [3.63, 3.8) is 0 Å². The van der Waals surface area contributed by atoms with E-state index in [1.54, 1.807) is 12.1 Å². The molecule has 6 nitrogen and oxygen atoms in total. The van der Waals surface area contributed by atoms with Crippen molar-refractivity contribution in [1.82, 2.24) is 10.2 Å². The zero-order valence-corrected chi connectivity index (χ0v) is 18.3. The van der Waals surface area contributed by atoms with E-state index in [0.717, 1.165) is 56.6 Å². The quantitative estimate of drug-likeness (QED) is 0.513. The summed E-state index contributed by atoms with van der Waals surface area (Å²) in [6.45, 7) is 2.10. The summed E-state index contributed by atoms with van der Waals surface area (Å²) >= 11 is 5.99. The Morgan fingerprint density at radius 3 is 2.55 bits per heavy atom. The van der Waals surface area contributed by atoms with Crippen molar-refractivity contribution in [3.05, 3.63) is 74.8 Å². The van der Waals surface area contributed by atoms with Crippen LogP contribution in [-0.2, 0) is 6.42 Å². The smallest absolute Gasteiger partial charge is 0.270 e. The molecule has 2 aromatic carbocycles. The number of nitro benzene ring substituents is 1. The predicted octanol–water partition coefficient (Wildman–Crippen LogP) is 4.85. The van der Waals surface area contributed by atoms with Gasteiger partial charge in [-0.1, -0.05) is 29.8 Å². The zero-order valence-electron chi connectivity index (χ0n) is 17.5. The van der Waals surface area contributed by atoms with Gasteiger partial charge in [0, 0.05) is 34.8 Å². The van der Waals surface area contributed by atoms with Gasteiger partial charge >= 0.3 is 0 Å². The lowest BCUT2D eigenvalue weighted by molar-refractivity contribution is -0.384. The molecular weight excluding hydrogens is 414 g/mol. The maximum absolute atomic E-state index is 12.7. The van der Waals surface area contributed by atoms with Crippen LogP contribution in [0, 0.1) is 16.0 Å². The molecule has 1 saturated heterocycles. The third-order valence-electron chi connectivity index (χ3n) is 6.67. The Balaban J connectivity index is 1.31. The van der Waals surface area contributed by atoms with Crippen molar-refractivity contribution in [3.8, 4) is 0 Å². The van der Waals surface area contributed by atoms with Crippen LogP contribution in [0.1, 0.15) is 48.0 Å². The standard InChI is InChI=1S/C24H28ClN3O3/c25-20-9-7-17(8-10-20)15-18-11-13-27(14-12-18)23-6-2-5-22(23)26-24(29)19-3-1-4-21(16-19)28(30)31/h1,3-4,7-10,16,18,22-23H,2,5-6,11-15H2,(H,26,29). The highest BCUT2D eigenvalue weighted by Crippen LogP contribution is 2.30. The van der Waals surface area contributed by atoms with Crippen LogP contribution in [0.4, 0.5) is 5.69 Å². The highest BCUT2D eigenvalue weighted by molar-refractivity contribution is 6.30. The van der Waals surface area contributed by atoms with E-state index in [2.05, 4.69) is 22.3 Å². The number of non-ortho nitro benzene ring substituents is 1. The molecule has 7 heteroatoms. The maximum atomic E-state index is 12.7. The monoisotopic (exact) mass is 441 g/mol. The van der Waals surface area contributed by atoms with Gasteiger partial charge in [0.15, 0.2) is 0 Å². The topological polar surface area (TPSA) is 75.5 Å². The number of likely N-dealkylation sites (tertiary alicyclic amines) is 1. The molecule has 1 aliphatic carbocycles. The van der Waals surface area contributed by atoms with Gasteiger partial charge in [0.2, 0.25) is 0 Å². The fourth-order valence-corrected chi connectivity index (χ4v) is 5.13. The Morgan fingerprint density at radius 1 is 1.10 bits per heavy atom. The summed E-state index contributed by atoms with van der Waals surface area (Å²) in [7, 11) is 0. The molecule has 1 saturated carbocycles. The minimum absolute atomic E-state index is 0.0571. The number of nitro groups is 1. The van der Waals surface area contributed by atoms with E-state index >= 15 is 0 Å². The number of carbonyl (C=O) groups is 1. The van der Waals surface area contributed by atoms with Crippen LogP contribution in [0.3, 0.4) is 0 Å². The van der Waals surface area contributed by atoms with Crippen molar-refractivity contribution >= 4 is 23.2 Å². The van der Waals surface area contributed by atoms with Crippen LogP contribution < -0.4 is 5.32 Å².